The summed E-state index contributed by atoms with van der Waals surface area (Å²) in [7, 11) is 0. The molecule has 0 saturated heterocycles. The second-order valence-electron chi connectivity index (χ2n) is 4.49. The van der Waals surface area contributed by atoms with Crippen molar-refractivity contribution in [1.82, 2.24) is 15.6 Å². The first-order valence-corrected chi connectivity index (χ1v) is 6.17. The predicted octanol–water partition coefficient (Wildman–Crippen LogP) is 0.784. The van der Waals surface area contributed by atoms with Crippen LogP contribution >= 0.6 is 0 Å². The number of nitrogens with zero attached hydrogens (tertiary/aromatic N) is 1. The fourth-order valence-corrected chi connectivity index (χ4v) is 1.42. The number of carbonyl (C=O) groups is 2. The molecule has 1 aromatic rings. The fourth-order valence-electron chi connectivity index (χ4n) is 1.42. The highest BCUT2D eigenvalue weighted by atomic mass is 16.4. The maximum Gasteiger partial charge on any atom is 0.354 e. The lowest BCUT2D eigenvalue weighted by Gasteiger charge is -2.08. The van der Waals surface area contributed by atoms with Crippen molar-refractivity contribution < 1.29 is 14.7 Å². The van der Waals surface area contributed by atoms with E-state index in [1.165, 1.54) is 12.3 Å². The molecule has 1 aromatic heterocycles. The Hall–Kier alpha value is -1.95. The van der Waals surface area contributed by atoms with Crippen molar-refractivity contribution in [3.05, 3.63) is 29.6 Å². The topological polar surface area (TPSA) is 91.3 Å². The van der Waals surface area contributed by atoms with E-state index in [4.69, 9.17) is 5.11 Å². The maximum absolute atomic E-state index is 11.5. The van der Waals surface area contributed by atoms with E-state index < -0.39 is 5.97 Å². The van der Waals surface area contributed by atoms with Crippen LogP contribution in [0.4, 0.5) is 0 Å². The molecule has 0 fully saturated rings. The molecule has 3 N–H and O–H groups in total. The Morgan fingerprint density at radius 3 is 2.63 bits per heavy atom. The Morgan fingerprint density at radius 2 is 2.11 bits per heavy atom. The van der Waals surface area contributed by atoms with Gasteiger partial charge in [-0.25, -0.2) is 9.78 Å². The molecule has 1 amide bonds. The van der Waals surface area contributed by atoms with Gasteiger partial charge < -0.3 is 15.7 Å². The van der Waals surface area contributed by atoms with Gasteiger partial charge in [-0.15, -0.1) is 0 Å². The van der Waals surface area contributed by atoms with Crippen molar-refractivity contribution in [2.75, 3.05) is 6.54 Å². The molecular weight excluding hydrogens is 246 g/mol. The summed E-state index contributed by atoms with van der Waals surface area (Å²) in [5.41, 5.74) is 0.770. The van der Waals surface area contributed by atoms with E-state index >= 15 is 0 Å². The lowest BCUT2D eigenvalue weighted by atomic mass is 10.2. The van der Waals surface area contributed by atoms with Gasteiger partial charge in [-0.1, -0.05) is 19.9 Å². The first-order valence-electron chi connectivity index (χ1n) is 6.17. The molecule has 0 unspecified atom stereocenters. The van der Waals surface area contributed by atoms with E-state index in [1.807, 2.05) is 13.8 Å². The van der Waals surface area contributed by atoms with Crippen LogP contribution in [0.1, 0.15) is 36.3 Å². The highest BCUT2D eigenvalue weighted by Gasteiger charge is 2.05. The molecule has 0 bridgehead atoms. The summed E-state index contributed by atoms with van der Waals surface area (Å²) >= 11 is 0. The summed E-state index contributed by atoms with van der Waals surface area (Å²) in [4.78, 5) is 25.9. The maximum atomic E-state index is 11.5. The zero-order valence-corrected chi connectivity index (χ0v) is 11.1. The normalized spacial score (nSPS) is 10.5. The predicted molar refractivity (Wildman–Crippen MR) is 70.8 cm³/mol. The molecule has 0 aromatic carbocycles. The van der Waals surface area contributed by atoms with Gasteiger partial charge in [0.25, 0.3) is 0 Å². The highest BCUT2D eigenvalue weighted by Crippen LogP contribution is 2.00. The summed E-state index contributed by atoms with van der Waals surface area (Å²) < 4.78 is 0. The van der Waals surface area contributed by atoms with E-state index in [2.05, 4.69) is 15.6 Å². The van der Waals surface area contributed by atoms with Crippen LogP contribution in [0.25, 0.3) is 0 Å². The SMILES string of the molecule is CC(C)NCCC(=O)NCc1ccc(C(=O)O)nc1. The Balaban J connectivity index is 2.32. The van der Waals surface area contributed by atoms with Crippen LogP contribution in [0.15, 0.2) is 18.3 Å². The van der Waals surface area contributed by atoms with Gasteiger partial charge in [0.1, 0.15) is 5.69 Å². The van der Waals surface area contributed by atoms with Crippen LogP contribution in [0.5, 0.6) is 0 Å². The van der Waals surface area contributed by atoms with E-state index in [9.17, 15) is 9.59 Å². The number of nitrogens with one attached hydrogen (secondary N) is 2. The van der Waals surface area contributed by atoms with Crippen molar-refractivity contribution in [3.8, 4) is 0 Å². The Labute approximate surface area is 112 Å². The van der Waals surface area contributed by atoms with Crippen LogP contribution in [0, 0.1) is 0 Å². The summed E-state index contributed by atoms with van der Waals surface area (Å²) in [5, 5.41) is 14.6. The van der Waals surface area contributed by atoms with Crippen molar-refractivity contribution in [2.45, 2.75) is 32.9 Å². The minimum Gasteiger partial charge on any atom is -0.477 e. The smallest absolute Gasteiger partial charge is 0.354 e. The summed E-state index contributed by atoms with van der Waals surface area (Å²) in [6.45, 7) is 5.04. The monoisotopic (exact) mass is 265 g/mol. The van der Waals surface area contributed by atoms with Crippen molar-refractivity contribution in [3.63, 3.8) is 0 Å². The van der Waals surface area contributed by atoms with Gasteiger partial charge >= 0.3 is 5.97 Å². The van der Waals surface area contributed by atoms with Gasteiger partial charge in [0.2, 0.25) is 5.91 Å². The molecule has 1 heterocycles. The molecule has 6 heteroatoms. The third-order valence-electron chi connectivity index (χ3n) is 2.44. The van der Waals surface area contributed by atoms with Gasteiger partial charge in [0, 0.05) is 31.7 Å². The number of hydrogen-bond acceptors (Lipinski definition) is 4. The average Bonchev–Trinajstić information content (AvgIpc) is 2.36. The fraction of sp³-hybridized carbons (Fsp3) is 0.462. The molecule has 19 heavy (non-hydrogen) atoms. The summed E-state index contributed by atoms with van der Waals surface area (Å²) in [5.74, 6) is -1.11. The molecule has 0 radical (unpaired) electrons. The van der Waals surface area contributed by atoms with Crippen LogP contribution in [-0.4, -0.2) is 34.6 Å². The van der Waals surface area contributed by atoms with Crippen LogP contribution in [0.3, 0.4) is 0 Å². The quantitative estimate of drug-likeness (QED) is 0.678. The number of aromatic nitrogens is 1. The second kappa shape index (κ2) is 7.48. The Morgan fingerprint density at radius 1 is 1.37 bits per heavy atom. The van der Waals surface area contributed by atoms with E-state index in [0.717, 1.165) is 5.56 Å². The number of hydrogen-bond donors (Lipinski definition) is 3. The number of carboxylic acids is 1. The number of pyridine rings is 1. The van der Waals surface area contributed by atoms with Crippen molar-refractivity contribution in [2.24, 2.45) is 0 Å². The van der Waals surface area contributed by atoms with Gasteiger partial charge in [0.15, 0.2) is 0 Å². The van der Waals surface area contributed by atoms with Gasteiger partial charge in [-0.2, -0.15) is 0 Å². The van der Waals surface area contributed by atoms with Crippen molar-refractivity contribution >= 4 is 11.9 Å². The van der Waals surface area contributed by atoms with Gasteiger partial charge in [0.05, 0.1) is 0 Å². The minimum atomic E-state index is -1.06. The van der Waals surface area contributed by atoms with Crippen LogP contribution < -0.4 is 10.6 Å². The first-order chi connectivity index (χ1) is 8.99. The van der Waals surface area contributed by atoms with Crippen LogP contribution in [0.2, 0.25) is 0 Å². The molecule has 0 spiro atoms. The molecule has 0 aliphatic heterocycles. The standard InChI is InChI=1S/C13H19N3O3/c1-9(2)14-6-5-12(17)16-8-10-3-4-11(13(18)19)15-7-10/h3-4,7,9,14H,5-6,8H2,1-2H3,(H,16,17)(H,18,19). The molecule has 104 valence electrons. The minimum absolute atomic E-state index is 0.00351. The van der Waals surface area contributed by atoms with Gasteiger partial charge in [-0.3, -0.25) is 4.79 Å². The summed E-state index contributed by atoms with van der Waals surface area (Å²) in [6, 6.07) is 3.42. The molecule has 1 rings (SSSR count). The second-order valence-corrected chi connectivity index (χ2v) is 4.49. The largest absolute Gasteiger partial charge is 0.477 e. The molecule has 0 aliphatic carbocycles. The third-order valence-corrected chi connectivity index (χ3v) is 2.44. The lowest BCUT2D eigenvalue weighted by molar-refractivity contribution is -0.121. The number of carboxylic acid groups (broad SMARTS) is 1. The molecule has 0 aliphatic rings. The van der Waals surface area contributed by atoms with Crippen LogP contribution in [-0.2, 0) is 11.3 Å². The molecule has 0 saturated carbocycles. The number of amides is 1. The Kier molecular flexibility index (Phi) is 5.95. The van der Waals surface area contributed by atoms with Crippen molar-refractivity contribution in [1.29, 1.82) is 0 Å². The average molecular weight is 265 g/mol. The highest BCUT2D eigenvalue weighted by molar-refractivity contribution is 5.85. The van der Waals surface area contributed by atoms with E-state index in [1.54, 1.807) is 6.07 Å². The zero-order chi connectivity index (χ0) is 14.3. The molecule has 0 atom stereocenters. The zero-order valence-electron chi connectivity index (χ0n) is 11.1. The number of rotatable bonds is 7. The molecule has 6 nitrogen and oxygen atoms in total. The Bertz CT molecular complexity index is 429. The van der Waals surface area contributed by atoms with E-state index in [0.29, 0.717) is 25.6 Å². The third kappa shape index (κ3) is 5.96. The number of carbonyl (C=O) groups excluding carboxylic acids is 1. The molecular formula is C13H19N3O3. The first kappa shape index (κ1) is 15.1. The van der Waals surface area contributed by atoms with E-state index in [-0.39, 0.29) is 11.6 Å². The lowest BCUT2D eigenvalue weighted by Crippen LogP contribution is -2.30. The number of aromatic carboxylic acids is 1. The van der Waals surface area contributed by atoms with Gasteiger partial charge in [-0.05, 0) is 11.6 Å². The summed E-state index contributed by atoms with van der Waals surface area (Å²) in [6.07, 6.45) is 1.87.